The van der Waals surface area contributed by atoms with Gasteiger partial charge in [0.15, 0.2) is 0 Å². The Hall–Kier alpha value is -1.81. The average Bonchev–Trinajstić information content (AvgIpc) is 3.18. The van der Waals surface area contributed by atoms with Crippen molar-refractivity contribution >= 4 is 28.5 Å². The van der Waals surface area contributed by atoms with Crippen molar-refractivity contribution in [3.8, 4) is 0 Å². The van der Waals surface area contributed by atoms with Crippen molar-refractivity contribution in [1.82, 2.24) is 4.57 Å². The largest absolute Gasteiger partial charge is 0.477 e. The lowest BCUT2D eigenvalue weighted by atomic mass is 10.1. The fourth-order valence-electron chi connectivity index (χ4n) is 2.39. The van der Waals surface area contributed by atoms with Crippen LogP contribution in [0.4, 0.5) is 0 Å². The number of aromatic nitrogens is 1. The lowest BCUT2D eigenvalue weighted by molar-refractivity contribution is 0.0695. The van der Waals surface area contributed by atoms with Crippen molar-refractivity contribution in [3.63, 3.8) is 0 Å². The Kier molecular flexibility index (Phi) is 2.64. The molecule has 0 bridgehead atoms. The number of nitrogens with zero attached hydrogens (tertiary/aromatic N) is 1. The van der Waals surface area contributed by atoms with Crippen LogP contribution in [-0.2, 0) is 0 Å². The molecule has 0 radical (unpaired) electrons. The fourth-order valence-corrected chi connectivity index (χ4v) is 2.54. The summed E-state index contributed by atoms with van der Waals surface area (Å²) in [6.45, 7) is 1.85. The minimum atomic E-state index is -1.19. The van der Waals surface area contributed by atoms with Crippen LogP contribution in [0, 0.1) is 6.92 Å². The molecule has 0 amide bonds. The van der Waals surface area contributed by atoms with E-state index in [4.69, 9.17) is 16.7 Å². The van der Waals surface area contributed by atoms with E-state index in [9.17, 15) is 9.59 Å². The number of carboxylic acids is 1. The van der Waals surface area contributed by atoms with E-state index in [0.29, 0.717) is 10.4 Å². The van der Waals surface area contributed by atoms with E-state index in [2.05, 4.69) is 0 Å². The number of aryl methyl sites for hydroxylation is 1. The highest BCUT2D eigenvalue weighted by molar-refractivity contribution is 6.32. The zero-order chi connectivity index (χ0) is 13.7. The van der Waals surface area contributed by atoms with Gasteiger partial charge in [0.2, 0.25) is 5.43 Å². The number of carboxylic acid groups (broad SMARTS) is 1. The topological polar surface area (TPSA) is 59.3 Å². The van der Waals surface area contributed by atoms with Gasteiger partial charge in [0.05, 0.1) is 5.52 Å². The van der Waals surface area contributed by atoms with Crippen LogP contribution < -0.4 is 5.43 Å². The van der Waals surface area contributed by atoms with Gasteiger partial charge in [-0.1, -0.05) is 11.6 Å². The van der Waals surface area contributed by atoms with Crippen LogP contribution in [0.15, 0.2) is 23.1 Å². The molecule has 1 heterocycles. The van der Waals surface area contributed by atoms with Crippen LogP contribution >= 0.6 is 11.6 Å². The van der Waals surface area contributed by atoms with Gasteiger partial charge in [0, 0.05) is 22.6 Å². The van der Waals surface area contributed by atoms with Crippen molar-refractivity contribution in [2.45, 2.75) is 25.8 Å². The molecule has 1 aliphatic carbocycles. The molecular weight excluding hydrogens is 266 g/mol. The third kappa shape index (κ3) is 1.83. The van der Waals surface area contributed by atoms with E-state index in [0.717, 1.165) is 23.9 Å². The molecule has 5 heteroatoms. The van der Waals surface area contributed by atoms with Crippen LogP contribution in [0.5, 0.6) is 0 Å². The van der Waals surface area contributed by atoms with Gasteiger partial charge in [-0.25, -0.2) is 4.79 Å². The first-order chi connectivity index (χ1) is 9.00. The summed E-state index contributed by atoms with van der Waals surface area (Å²) in [5.74, 6) is -1.19. The molecule has 19 heavy (non-hydrogen) atoms. The van der Waals surface area contributed by atoms with Crippen molar-refractivity contribution < 1.29 is 9.90 Å². The Morgan fingerprint density at radius 2 is 2.11 bits per heavy atom. The Labute approximate surface area is 114 Å². The molecule has 3 rings (SSSR count). The van der Waals surface area contributed by atoms with Gasteiger partial charge in [-0.3, -0.25) is 4.79 Å². The highest BCUT2D eigenvalue weighted by Crippen LogP contribution is 2.38. The number of halogens is 1. The lowest BCUT2D eigenvalue weighted by Crippen LogP contribution is -2.19. The second kappa shape index (κ2) is 4.10. The summed E-state index contributed by atoms with van der Waals surface area (Å²) in [6.07, 6.45) is 3.46. The van der Waals surface area contributed by atoms with Gasteiger partial charge in [-0.15, -0.1) is 0 Å². The number of pyridine rings is 1. The van der Waals surface area contributed by atoms with Gasteiger partial charge in [-0.2, -0.15) is 0 Å². The molecule has 0 aliphatic heterocycles. The first-order valence-corrected chi connectivity index (χ1v) is 6.45. The molecule has 1 N–H and O–H groups in total. The molecule has 4 nitrogen and oxygen atoms in total. The highest BCUT2D eigenvalue weighted by atomic mass is 35.5. The van der Waals surface area contributed by atoms with Gasteiger partial charge < -0.3 is 9.67 Å². The molecule has 1 fully saturated rings. The molecule has 0 atom stereocenters. The first-order valence-electron chi connectivity index (χ1n) is 6.08. The maximum absolute atomic E-state index is 12.2. The summed E-state index contributed by atoms with van der Waals surface area (Å²) < 4.78 is 1.89. The number of aromatic carboxylic acids is 1. The van der Waals surface area contributed by atoms with Gasteiger partial charge in [-0.05, 0) is 37.5 Å². The van der Waals surface area contributed by atoms with E-state index < -0.39 is 11.4 Å². The normalized spacial score (nSPS) is 14.8. The predicted octanol–water partition coefficient (Wildman–Crippen LogP) is 3.00. The van der Waals surface area contributed by atoms with E-state index in [-0.39, 0.29) is 11.6 Å². The summed E-state index contributed by atoms with van der Waals surface area (Å²) in [6, 6.07) is 3.53. The average molecular weight is 278 g/mol. The third-order valence-electron chi connectivity index (χ3n) is 3.55. The second-order valence-corrected chi connectivity index (χ2v) is 5.29. The van der Waals surface area contributed by atoms with E-state index in [1.54, 1.807) is 12.1 Å². The second-order valence-electron chi connectivity index (χ2n) is 4.88. The molecule has 0 saturated heterocycles. The maximum Gasteiger partial charge on any atom is 0.341 e. The van der Waals surface area contributed by atoms with Crippen LogP contribution in [0.2, 0.25) is 5.02 Å². The Morgan fingerprint density at radius 1 is 1.42 bits per heavy atom. The van der Waals surface area contributed by atoms with Crippen LogP contribution in [0.25, 0.3) is 10.9 Å². The van der Waals surface area contributed by atoms with Crippen molar-refractivity contribution in [2.24, 2.45) is 0 Å². The summed E-state index contributed by atoms with van der Waals surface area (Å²) >= 11 is 6.11. The zero-order valence-electron chi connectivity index (χ0n) is 10.3. The zero-order valence-corrected chi connectivity index (χ0v) is 11.1. The van der Waals surface area contributed by atoms with E-state index in [1.807, 2.05) is 11.5 Å². The molecule has 1 saturated carbocycles. The van der Waals surface area contributed by atoms with Crippen LogP contribution in [-0.4, -0.2) is 15.6 Å². The molecule has 98 valence electrons. The Morgan fingerprint density at radius 3 is 2.68 bits per heavy atom. The third-order valence-corrected chi connectivity index (χ3v) is 3.96. The lowest BCUT2D eigenvalue weighted by Gasteiger charge is -2.14. The highest BCUT2D eigenvalue weighted by Gasteiger charge is 2.27. The number of hydrogen-bond acceptors (Lipinski definition) is 2. The summed E-state index contributed by atoms with van der Waals surface area (Å²) in [4.78, 5) is 23.4. The molecule has 1 aliphatic rings. The molecule has 0 spiro atoms. The predicted molar refractivity (Wildman–Crippen MR) is 73.2 cm³/mol. The smallest absolute Gasteiger partial charge is 0.341 e. The minimum absolute atomic E-state index is 0.180. The summed E-state index contributed by atoms with van der Waals surface area (Å²) in [5, 5.41) is 10.1. The van der Waals surface area contributed by atoms with Gasteiger partial charge >= 0.3 is 5.97 Å². The standard InChI is InChI=1S/C14H12ClNO3/c1-7-11(15)5-4-9-12(7)16(8-2-3-8)6-10(13(9)17)14(18)19/h4-6,8H,2-3H2,1H3,(H,18,19). The van der Waals surface area contributed by atoms with E-state index >= 15 is 0 Å². The Bertz CT molecular complexity index is 759. The Balaban J connectivity index is 2.49. The monoisotopic (exact) mass is 277 g/mol. The van der Waals surface area contributed by atoms with Crippen LogP contribution in [0.1, 0.15) is 34.8 Å². The molecule has 1 aromatic carbocycles. The summed E-state index contributed by atoms with van der Waals surface area (Å²) in [7, 11) is 0. The van der Waals surface area contributed by atoms with Crippen LogP contribution in [0.3, 0.4) is 0 Å². The van der Waals surface area contributed by atoms with Crippen molar-refractivity contribution in [3.05, 3.63) is 44.7 Å². The number of carbonyl (C=O) groups is 1. The number of benzene rings is 1. The molecule has 1 aromatic heterocycles. The van der Waals surface area contributed by atoms with Gasteiger partial charge in [0.1, 0.15) is 5.56 Å². The quantitative estimate of drug-likeness (QED) is 0.918. The van der Waals surface area contributed by atoms with Crippen molar-refractivity contribution in [2.75, 3.05) is 0 Å². The fraction of sp³-hybridized carbons (Fsp3) is 0.286. The minimum Gasteiger partial charge on any atom is -0.477 e. The maximum atomic E-state index is 12.2. The molecular formula is C14H12ClNO3. The number of fused-ring (bicyclic) bond motifs is 1. The van der Waals surface area contributed by atoms with E-state index in [1.165, 1.54) is 6.20 Å². The number of hydrogen-bond donors (Lipinski definition) is 1. The van der Waals surface area contributed by atoms with Crippen molar-refractivity contribution in [1.29, 1.82) is 0 Å². The first kappa shape index (κ1) is 12.2. The summed E-state index contributed by atoms with van der Waals surface area (Å²) in [5.41, 5.74) is 0.949. The number of rotatable bonds is 2. The molecule has 0 unspecified atom stereocenters. The SMILES string of the molecule is Cc1c(Cl)ccc2c(=O)c(C(=O)O)cn(C3CC3)c12. The molecule has 2 aromatic rings. The van der Waals surface area contributed by atoms with Gasteiger partial charge in [0.25, 0.3) is 0 Å².